The van der Waals surface area contributed by atoms with Gasteiger partial charge in [-0.2, -0.15) is 0 Å². The quantitative estimate of drug-likeness (QED) is 0.678. The van der Waals surface area contributed by atoms with Crippen LogP contribution in [-0.4, -0.2) is 32.1 Å². The third-order valence-electron chi connectivity index (χ3n) is 6.55. The van der Waals surface area contributed by atoms with Crippen molar-refractivity contribution in [2.45, 2.75) is 37.9 Å². The predicted octanol–water partition coefficient (Wildman–Crippen LogP) is 4.17. The highest BCUT2D eigenvalue weighted by atomic mass is 16.7. The molecule has 0 aromatic heterocycles. The first-order valence-corrected chi connectivity index (χ1v) is 10.9. The van der Waals surface area contributed by atoms with Gasteiger partial charge in [-0.25, -0.2) is 4.79 Å². The average Bonchev–Trinajstić information content (AvgIpc) is 3.54. The second kappa shape index (κ2) is 8.06. The Morgan fingerprint density at radius 1 is 1.06 bits per heavy atom. The van der Waals surface area contributed by atoms with Gasteiger partial charge >= 0.3 is 5.97 Å². The van der Waals surface area contributed by atoms with Crippen molar-refractivity contribution in [1.82, 2.24) is 0 Å². The second-order valence-electron chi connectivity index (χ2n) is 8.38. The molecule has 3 aliphatic rings. The zero-order valence-corrected chi connectivity index (χ0v) is 18.2. The maximum atomic E-state index is 13.2. The number of fused-ring (bicyclic) bond motifs is 1. The van der Waals surface area contributed by atoms with Crippen molar-refractivity contribution in [3.8, 4) is 23.0 Å². The van der Waals surface area contributed by atoms with Crippen molar-refractivity contribution in [1.29, 1.82) is 0 Å². The lowest BCUT2D eigenvalue weighted by molar-refractivity contribution is -0.185. The molecule has 1 atom stereocenters. The molecular weight excluding hydrogens is 412 g/mol. The number of hydrogen-bond acceptors (Lipinski definition) is 7. The van der Waals surface area contributed by atoms with Crippen LogP contribution in [0.2, 0.25) is 0 Å². The second-order valence-corrected chi connectivity index (χ2v) is 8.38. The van der Waals surface area contributed by atoms with Crippen molar-refractivity contribution in [2.75, 3.05) is 21.0 Å². The van der Waals surface area contributed by atoms with E-state index in [4.69, 9.17) is 23.7 Å². The number of esters is 1. The molecule has 1 saturated carbocycles. The Morgan fingerprint density at radius 3 is 2.50 bits per heavy atom. The standard InChI is InChI=1S/C25H26O7/c1-28-18-9-7-17(8-10-18)25(27)19(11-15-5-3-4-6-15)22(24(26)32-25)16-12-20(29-2)23-21(13-16)30-14-31-23/h7-10,12-13,15,27H,3-6,11,14H2,1-2H3. The number of cyclic esters (lactones) is 1. The van der Waals surface area contributed by atoms with E-state index in [1.807, 2.05) is 0 Å². The van der Waals surface area contributed by atoms with Crippen LogP contribution in [0.5, 0.6) is 23.0 Å². The number of rotatable bonds is 6. The Kier molecular flexibility index (Phi) is 5.21. The van der Waals surface area contributed by atoms with E-state index in [1.54, 1.807) is 43.5 Å². The van der Waals surface area contributed by atoms with Crippen LogP contribution >= 0.6 is 0 Å². The largest absolute Gasteiger partial charge is 0.497 e. The number of aliphatic hydroxyl groups is 1. The van der Waals surface area contributed by atoms with E-state index in [0.29, 0.717) is 57.6 Å². The van der Waals surface area contributed by atoms with Crippen molar-refractivity contribution in [2.24, 2.45) is 5.92 Å². The molecule has 32 heavy (non-hydrogen) atoms. The zero-order chi connectivity index (χ0) is 22.3. The molecule has 2 aliphatic heterocycles. The monoisotopic (exact) mass is 438 g/mol. The number of hydrogen-bond donors (Lipinski definition) is 1. The molecule has 168 valence electrons. The van der Waals surface area contributed by atoms with Gasteiger partial charge in [0.25, 0.3) is 5.79 Å². The van der Waals surface area contributed by atoms with Crippen LogP contribution in [0.25, 0.3) is 5.57 Å². The lowest BCUT2D eigenvalue weighted by Crippen LogP contribution is -2.29. The molecule has 7 nitrogen and oxygen atoms in total. The summed E-state index contributed by atoms with van der Waals surface area (Å²) in [5.74, 6) is 0.0995. The van der Waals surface area contributed by atoms with E-state index in [2.05, 4.69) is 0 Å². The van der Waals surface area contributed by atoms with E-state index < -0.39 is 11.8 Å². The molecule has 0 saturated heterocycles. The van der Waals surface area contributed by atoms with Crippen LogP contribution < -0.4 is 18.9 Å². The molecule has 0 bridgehead atoms. The summed E-state index contributed by atoms with van der Waals surface area (Å²) in [6.45, 7) is 0.0867. The first-order chi connectivity index (χ1) is 15.5. The summed E-state index contributed by atoms with van der Waals surface area (Å²) in [6.07, 6.45) is 5.00. The van der Waals surface area contributed by atoms with Crippen LogP contribution in [0, 0.1) is 5.92 Å². The van der Waals surface area contributed by atoms with Gasteiger partial charge < -0.3 is 28.8 Å². The zero-order valence-electron chi connectivity index (χ0n) is 18.2. The Morgan fingerprint density at radius 2 is 1.81 bits per heavy atom. The van der Waals surface area contributed by atoms with Crippen LogP contribution in [0.4, 0.5) is 0 Å². The van der Waals surface area contributed by atoms with Gasteiger partial charge in [0.1, 0.15) is 5.75 Å². The van der Waals surface area contributed by atoms with Gasteiger partial charge in [-0.05, 0) is 54.3 Å². The van der Waals surface area contributed by atoms with Gasteiger partial charge in [0.15, 0.2) is 11.5 Å². The average molecular weight is 438 g/mol. The smallest absolute Gasteiger partial charge is 0.341 e. The highest BCUT2D eigenvalue weighted by molar-refractivity contribution is 6.20. The summed E-state index contributed by atoms with van der Waals surface area (Å²) < 4.78 is 27.4. The molecule has 2 aromatic rings. The fraction of sp³-hybridized carbons (Fsp3) is 0.400. The SMILES string of the molecule is COc1ccc(C2(O)OC(=O)C(c3cc(OC)c4c(c3)OCO4)=C2CC2CCCC2)cc1. The molecule has 7 heteroatoms. The van der Waals surface area contributed by atoms with Crippen LogP contribution in [-0.2, 0) is 15.3 Å². The lowest BCUT2D eigenvalue weighted by atomic mass is 9.85. The summed E-state index contributed by atoms with van der Waals surface area (Å²) in [4.78, 5) is 13.2. The first-order valence-electron chi connectivity index (χ1n) is 10.9. The van der Waals surface area contributed by atoms with Crippen LogP contribution in [0.1, 0.15) is 43.2 Å². The number of methoxy groups -OCH3 is 2. The summed E-state index contributed by atoms with van der Waals surface area (Å²) in [7, 11) is 3.12. The molecular formula is C25H26O7. The normalized spacial score (nSPS) is 22.4. The minimum absolute atomic E-state index is 0.0867. The molecule has 1 aliphatic carbocycles. The van der Waals surface area contributed by atoms with E-state index in [-0.39, 0.29) is 6.79 Å². The van der Waals surface area contributed by atoms with Gasteiger partial charge in [0.05, 0.1) is 19.8 Å². The Bertz CT molecular complexity index is 1070. The van der Waals surface area contributed by atoms with Crippen LogP contribution in [0.3, 0.4) is 0 Å². The minimum Gasteiger partial charge on any atom is -0.497 e. The Hall–Kier alpha value is -3.19. The summed E-state index contributed by atoms with van der Waals surface area (Å²) in [5, 5.41) is 11.7. The Balaban J connectivity index is 1.65. The maximum absolute atomic E-state index is 13.2. The van der Waals surface area contributed by atoms with Gasteiger partial charge in [-0.3, -0.25) is 0 Å². The summed E-state index contributed by atoms with van der Waals surface area (Å²) >= 11 is 0. The van der Waals surface area contributed by atoms with Crippen LogP contribution in [0.15, 0.2) is 42.0 Å². The summed E-state index contributed by atoms with van der Waals surface area (Å²) in [5.41, 5.74) is 1.99. The highest BCUT2D eigenvalue weighted by Crippen LogP contribution is 2.50. The van der Waals surface area contributed by atoms with Gasteiger partial charge in [-0.1, -0.05) is 25.7 Å². The van der Waals surface area contributed by atoms with E-state index in [0.717, 1.165) is 25.7 Å². The highest BCUT2D eigenvalue weighted by Gasteiger charge is 2.49. The van der Waals surface area contributed by atoms with E-state index >= 15 is 0 Å². The van der Waals surface area contributed by atoms with E-state index in [9.17, 15) is 9.90 Å². The topological polar surface area (TPSA) is 83.5 Å². The fourth-order valence-corrected chi connectivity index (χ4v) is 4.90. The number of ether oxygens (including phenoxy) is 5. The van der Waals surface area contributed by atoms with Gasteiger partial charge in [0, 0.05) is 11.1 Å². The minimum atomic E-state index is -1.84. The molecule has 1 fully saturated rings. The third kappa shape index (κ3) is 3.37. The molecule has 5 rings (SSSR count). The lowest BCUT2D eigenvalue weighted by Gasteiger charge is -2.27. The van der Waals surface area contributed by atoms with Gasteiger partial charge in [0.2, 0.25) is 12.5 Å². The molecule has 0 spiro atoms. The van der Waals surface area contributed by atoms with Crippen molar-refractivity contribution in [3.63, 3.8) is 0 Å². The fourth-order valence-electron chi connectivity index (χ4n) is 4.90. The predicted molar refractivity (Wildman–Crippen MR) is 116 cm³/mol. The molecule has 2 heterocycles. The van der Waals surface area contributed by atoms with Gasteiger partial charge in [-0.15, -0.1) is 0 Å². The van der Waals surface area contributed by atoms with Crippen molar-refractivity contribution < 1.29 is 33.6 Å². The summed E-state index contributed by atoms with van der Waals surface area (Å²) in [6, 6.07) is 10.4. The number of benzene rings is 2. The first kappa shape index (κ1) is 20.7. The molecule has 0 radical (unpaired) electrons. The third-order valence-corrected chi connectivity index (χ3v) is 6.55. The number of carbonyl (C=O) groups is 1. The van der Waals surface area contributed by atoms with E-state index in [1.165, 1.54) is 7.11 Å². The van der Waals surface area contributed by atoms with Crippen molar-refractivity contribution in [3.05, 3.63) is 53.1 Å². The van der Waals surface area contributed by atoms with Crippen molar-refractivity contribution >= 4 is 11.5 Å². The maximum Gasteiger partial charge on any atom is 0.341 e. The molecule has 0 amide bonds. The molecule has 1 N–H and O–H groups in total. The molecule has 2 aromatic carbocycles. The Labute approximate surface area is 186 Å². The molecule has 1 unspecified atom stereocenters. The number of carbonyl (C=O) groups excluding carboxylic acids is 1.